The van der Waals surface area contributed by atoms with Crippen LogP contribution in [0.1, 0.15) is 32.1 Å². The van der Waals surface area contributed by atoms with Gasteiger partial charge in [0.05, 0.1) is 19.6 Å². The Labute approximate surface area is 151 Å². The highest BCUT2D eigenvalue weighted by Gasteiger charge is 1.99. The van der Waals surface area contributed by atoms with Gasteiger partial charge in [0.25, 0.3) is 0 Å². The predicted octanol–water partition coefficient (Wildman–Crippen LogP) is 1.69. The molecule has 0 radical (unpaired) electrons. The predicted molar refractivity (Wildman–Crippen MR) is 96.6 cm³/mol. The van der Waals surface area contributed by atoms with Gasteiger partial charge in [-0.2, -0.15) is 0 Å². The van der Waals surface area contributed by atoms with Crippen LogP contribution in [0, 0.1) is 0 Å². The molecule has 0 aliphatic heterocycles. The Hall–Kier alpha value is -0.990. The lowest BCUT2D eigenvalue weighted by Gasteiger charge is -2.07. The second-order valence-corrected chi connectivity index (χ2v) is 5.37. The van der Waals surface area contributed by atoms with E-state index in [0.717, 1.165) is 19.3 Å². The summed E-state index contributed by atoms with van der Waals surface area (Å²) in [6.45, 7) is 9.64. The Bertz CT molecular complexity index is 301. The maximum Gasteiger partial charge on any atom is 0.307 e. The molecule has 7 nitrogen and oxygen atoms in total. The van der Waals surface area contributed by atoms with Crippen LogP contribution in [-0.4, -0.2) is 72.0 Å². The molecule has 0 fully saturated rings. The second kappa shape index (κ2) is 21.1. The summed E-state index contributed by atoms with van der Waals surface area (Å²) >= 11 is 0. The maximum absolute atomic E-state index is 11.0. The van der Waals surface area contributed by atoms with Crippen molar-refractivity contribution < 1.29 is 28.5 Å². The van der Waals surface area contributed by atoms with E-state index in [1.54, 1.807) is 6.08 Å². The number of rotatable bonds is 20. The Morgan fingerprint density at radius 2 is 1.20 bits per heavy atom. The van der Waals surface area contributed by atoms with Gasteiger partial charge in [-0.15, -0.1) is 6.58 Å². The molecule has 0 rings (SSSR count). The first-order valence-corrected chi connectivity index (χ1v) is 9.08. The lowest BCUT2D eigenvalue weighted by atomic mass is 10.4. The van der Waals surface area contributed by atoms with Gasteiger partial charge in [-0.05, 0) is 19.3 Å². The summed E-state index contributed by atoms with van der Waals surface area (Å²) in [5, 5.41) is 0. The van der Waals surface area contributed by atoms with Crippen LogP contribution >= 0.6 is 0 Å². The van der Waals surface area contributed by atoms with E-state index in [9.17, 15) is 4.79 Å². The second-order valence-electron chi connectivity index (χ2n) is 5.37. The normalized spacial score (nSPS) is 10.8. The van der Waals surface area contributed by atoms with Crippen LogP contribution in [0.3, 0.4) is 0 Å². The van der Waals surface area contributed by atoms with E-state index in [4.69, 9.17) is 29.4 Å². The zero-order valence-electron chi connectivity index (χ0n) is 15.4. The molecule has 148 valence electrons. The molecule has 7 heteroatoms. The van der Waals surface area contributed by atoms with E-state index in [1.165, 1.54) is 0 Å². The number of esters is 1. The van der Waals surface area contributed by atoms with Gasteiger partial charge in [0.15, 0.2) is 0 Å². The third-order valence-electron chi connectivity index (χ3n) is 3.01. The van der Waals surface area contributed by atoms with Crippen molar-refractivity contribution in [3.63, 3.8) is 0 Å². The zero-order valence-corrected chi connectivity index (χ0v) is 15.4. The molecule has 0 aromatic rings. The number of nitrogens with two attached hydrogens (primary N) is 1. The Morgan fingerprint density at radius 3 is 1.64 bits per heavy atom. The van der Waals surface area contributed by atoms with Gasteiger partial charge >= 0.3 is 5.97 Å². The number of hydrogen-bond acceptors (Lipinski definition) is 7. The molecule has 0 aromatic carbocycles. The van der Waals surface area contributed by atoms with E-state index in [1.807, 2.05) is 0 Å². The van der Waals surface area contributed by atoms with Gasteiger partial charge in [0.1, 0.15) is 0 Å². The molecular formula is C18H35NO6. The molecule has 0 aliphatic rings. The fourth-order valence-corrected chi connectivity index (χ4v) is 1.80. The summed E-state index contributed by atoms with van der Waals surface area (Å²) < 4.78 is 26.6. The first kappa shape index (κ1) is 24.0. The van der Waals surface area contributed by atoms with Crippen molar-refractivity contribution in [1.29, 1.82) is 0 Å². The molecular weight excluding hydrogens is 326 g/mol. The molecule has 0 bridgehead atoms. The van der Waals surface area contributed by atoms with Gasteiger partial charge < -0.3 is 29.4 Å². The molecule has 0 atom stereocenters. The fourth-order valence-electron chi connectivity index (χ4n) is 1.80. The Balaban J connectivity index is 3.03. The largest absolute Gasteiger partial charge is 0.466 e. The van der Waals surface area contributed by atoms with Gasteiger partial charge in [-0.3, -0.25) is 4.79 Å². The van der Waals surface area contributed by atoms with E-state index < -0.39 is 0 Å². The van der Waals surface area contributed by atoms with Crippen LogP contribution in [0.4, 0.5) is 0 Å². The minimum atomic E-state index is -0.249. The number of carbonyl (C=O) groups is 1. The number of ether oxygens (including phenoxy) is 5. The van der Waals surface area contributed by atoms with Crippen molar-refractivity contribution in [2.75, 3.05) is 66.0 Å². The molecule has 0 unspecified atom stereocenters. The number of hydrogen-bond donors (Lipinski definition) is 1. The van der Waals surface area contributed by atoms with Gasteiger partial charge in [0.2, 0.25) is 0 Å². The van der Waals surface area contributed by atoms with Crippen LogP contribution < -0.4 is 5.73 Å². The first-order valence-electron chi connectivity index (χ1n) is 9.08. The van der Waals surface area contributed by atoms with Crippen LogP contribution in [0.25, 0.3) is 0 Å². The molecule has 0 aromatic heterocycles. The van der Waals surface area contributed by atoms with Crippen molar-refractivity contribution in [2.45, 2.75) is 32.1 Å². The minimum Gasteiger partial charge on any atom is -0.466 e. The highest BCUT2D eigenvalue weighted by molar-refractivity contribution is 5.69. The monoisotopic (exact) mass is 361 g/mol. The third kappa shape index (κ3) is 21.0. The lowest BCUT2D eigenvalue weighted by Crippen LogP contribution is -2.13. The Morgan fingerprint density at radius 1 is 0.760 bits per heavy atom. The van der Waals surface area contributed by atoms with Crippen molar-refractivity contribution in [1.82, 2.24) is 0 Å². The van der Waals surface area contributed by atoms with Crippen molar-refractivity contribution >= 4 is 5.97 Å². The van der Waals surface area contributed by atoms with Crippen molar-refractivity contribution in [2.24, 2.45) is 5.73 Å². The van der Waals surface area contributed by atoms with Crippen LogP contribution in [0.5, 0.6) is 0 Å². The van der Waals surface area contributed by atoms with Gasteiger partial charge in [-0.1, -0.05) is 6.08 Å². The van der Waals surface area contributed by atoms with Crippen LogP contribution in [0.15, 0.2) is 12.7 Å². The summed E-state index contributed by atoms with van der Waals surface area (Å²) in [5.41, 5.74) is 5.25. The molecule has 0 spiro atoms. The maximum atomic E-state index is 11.0. The summed E-state index contributed by atoms with van der Waals surface area (Å²) in [7, 11) is 0. The van der Waals surface area contributed by atoms with Crippen LogP contribution in [-0.2, 0) is 28.5 Å². The van der Waals surface area contributed by atoms with Crippen LogP contribution in [0.2, 0.25) is 0 Å². The highest BCUT2D eigenvalue weighted by Crippen LogP contribution is 1.93. The quantitative estimate of drug-likeness (QED) is 0.200. The van der Waals surface area contributed by atoms with Gasteiger partial charge in [-0.25, -0.2) is 0 Å². The van der Waals surface area contributed by atoms with Gasteiger partial charge in [0, 0.05) is 59.2 Å². The van der Waals surface area contributed by atoms with E-state index in [-0.39, 0.29) is 12.4 Å². The average molecular weight is 361 g/mol. The summed E-state index contributed by atoms with van der Waals surface area (Å²) in [5.74, 6) is -0.249. The summed E-state index contributed by atoms with van der Waals surface area (Å²) in [6, 6.07) is 0. The molecule has 0 aliphatic carbocycles. The summed E-state index contributed by atoms with van der Waals surface area (Å²) in [6.07, 6.45) is 5.36. The first-order chi connectivity index (χ1) is 12.3. The molecule has 0 saturated carbocycles. The van der Waals surface area contributed by atoms with Crippen molar-refractivity contribution in [3.8, 4) is 0 Å². The fraction of sp³-hybridized carbons (Fsp3) is 0.833. The van der Waals surface area contributed by atoms with E-state index >= 15 is 0 Å². The number of carbonyl (C=O) groups excluding carboxylic acids is 1. The van der Waals surface area contributed by atoms with E-state index in [0.29, 0.717) is 72.4 Å². The minimum absolute atomic E-state index is 0.249. The molecule has 0 amide bonds. The average Bonchev–Trinajstić information content (AvgIpc) is 2.61. The molecule has 2 N–H and O–H groups in total. The third-order valence-corrected chi connectivity index (χ3v) is 3.01. The smallest absolute Gasteiger partial charge is 0.307 e. The lowest BCUT2D eigenvalue weighted by molar-refractivity contribution is -0.143. The Kier molecular flexibility index (Phi) is 20.2. The molecule has 25 heavy (non-hydrogen) atoms. The summed E-state index contributed by atoms with van der Waals surface area (Å²) in [4.78, 5) is 11.0. The zero-order chi connectivity index (χ0) is 18.4. The molecule has 0 saturated heterocycles. The molecule has 0 heterocycles. The standard InChI is InChI=1S/C18H35NO6/c1-2-9-21-10-3-11-22-12-4-13-23-14-5-15-24-16-6-17-25-18(20)7-8-19/h2H,1,3-17,19H2. The van der Waals surface area contributed by atoms with E-state index in [2.05, 4.69) is 6.58 Å². The highest BCUT2D eigenvalue weighted by atomic mass is 16.5. The topological polar surface area (TPSA) is 89.2 Å². The van der Waals surface area contributed by atoms with Crippen molar-refractivity contribution in [3.05, 3.63) is 12.7 Å². The SMILES string of the molecule is C=CCOCCCOCCCOCCCOCCCOC(=O)CCN.